The monoisotopic (exact) mass is 273 g/mol. The first kappa shape index (κ1) is 13.8. The molecule has 0 bridgehead atoms. The fourth-order valence-electron chi connectivity index (χ4n) is 2.44. The van der Waals surface area contributed by atoms with Gasteiger partial charge in [0.25, 0.3) is 0 Å². The summed E-state index contributed by atoms with van der Waals surface area (Å²) in [7, 11) is 1.38. The summed E-state index contributed by atoms with van der Waals surface area (Å²) in [5, 5.41) is 2.78. The molecular weight excluding hydrogens is 250 g/mol. The van der Waals surface area contributed by atoms with Crippen LogP contribution in [0.3, 0.4) is 0 Å². The van der Waals surface area contributed by atoms with Gasteiger partial charge < -0.3 is 19.2 Å². The van der Waals surface area contributed by atoms with Gasteiger partial charge in [0.2, 0.25) is 0 Å². The maximum Gasteiger partial charge on any atom is 0.407 e. The lowest BCUT2D eigenvalue weighted by Crippen LogP contribution is -2.28. The van der Waals surface area contributed by atoms with Crippen LogP contribution in [0.2, 0.25) is 6.04 Å². The Morgan fingerprint density at radius 1 is 1.44 bits per heavy atom. The zero-order valence-electron chi connectivity index (χ0n) is 11.0. The molecule has 3 unspecified atom stereocenters. The Balaban J connectivity index is 1.46. The van der Waals surface area contributed by atoms with Gasteiger partial charge in [-0.2, -0.15) is 0 Å². The molecule has 1 aliphatic heterocycles. The van der Waals surface area contributed by atoms with Gasteiger partial charge in [0.15, 0.2) is 9.76 Å². The van der Waals surface area contributed by atoms with Crippen molar-refractivity contribution in [3.63, 3.8) is 0 Å². The highest BCUT2D eigenvalue weighted by Crippen LogP contribution is 2.39. The Morgan fingerprint density at radius 3 is 3.11 bits per heavy atom. The van der Waals surface area contributed by atoms with Gasteiger partial charge >= 0.3 is 6.09 Å². The Hall–Kier alpha value is -0.593. The van der Waals surface area contributed by atoms with Gasteiger partial charge in [-0.3, -0.25) is 0 Å². The molecule has 2 rings (SSSR count). The number of ether oxygens (including phenoxy) is 2. The molecule has 2 aliphatic rings. The smallest absolute Gasteiger partial charge is 0.407 e. The average molecular weight is 273 g/mol. The summed E-state index contributed by atoms with van der Waals surface area (Å²) in [5.74, 6) is 0.486. The average Bonchev–Trinajstić information content (AvgIpc) is 3.14. The number of carbonyl (C=O) groups excluding carboxylic acids is 1. The topological polar surface area (TPSA) is 60.1 Å². The lowest BCUT2D eigenvalue weighted by molar-refractivity contribution is 0.118. The normalized spacial score (nSPS) is 30.2. The van der Waals surface area contributed by atoms with Crippen molar-refractivity contribution in [3.8, 4) is 0 Å². The molecule has 0 aromatic carbocycles. The molecule has 1 N–H and O–H groups in total. The van der Waals surface area contributed by atoms with Crippen LogP contribution in [0.4, 0.5) is 4.79 Å². The lowest BCUT2D eigenvalue weighted by Gasteiger charge is -2.18. The molecule has 3 atom stereocenters. The van der Waals surface area contributed by atoms with E-state index in [4.69, 9.17) is 13.9 Å². The maximum absolute atomic E-state index is 11.4. The standard InChI is InChI=1S/C12H23NO4Si/c1-15-18-6-2-5-13-12(14)16-8-9-3-4-10-11(7-9)17-10/h9-11H,2-8,18H2,1H3,(H,13,14). The van der Waals surface area contributed by atoms with Crippen LogP contribution < -0.4 is 5.32 Å². The molecule has 18 heavy (non-hydrogen) atoms. The van der Waals surface area contributed by atoms with E-state index in [0.29, 0.717) is 31.3 Å². The predicted octanol–water partition coefficient (Wildman–Crippen LogP) is 0.819. The van der Waals surface area contributed by atoms with E-state index in [9.17, 15) is 4.79 Å². The van der Waals surface area contributed by atoms with Crippen molar-refractivity contribution in [2.45, 2.75) is 43.9 Å². The minimum atomic E-state index is -0.358. The maximum atomic E-state index is 11.4. The van der Waals surface area contributed by atoms with Gasteiger partial charge in [0, 0.05) is 13.7 Å². The molecular formula is C12H23NO4Si. The Bertz CT molecular complexity index is 277. The third-order valence-corrected chi connectivity index (χ3v) is 4.80. The molecule has 1 saturated carbocycles. The minimum absolute atomic E-state index is 0.284. The van der Waals surface area contributed by atoms with Crippen LogP contribution in [0.5, 0.6) is 0 Å². The molecule has 1 aliphatic carbocycles. The molecule has 1 saturated heterocycles. The summed E-state index contributed by atoms with van der Waals surface area (Å²) in [6.07, 6.45) is 4.96. The first-order chi connectivity index (χ1) is 8.79. The van der Waals surface area contributed by atoms with Crippen LogP contribution in [0, 0.1) is 5.92 Å². The zero-order valence-corrected chi connectivity index (χ0v) is 12.4. The summed E-state index contributed by atoms with van der Waals surface area (Å²) < 4.78 is 15.8. The van der Waals surface area contributed by atoms with Gasteiger partial charge in [-0.25, -0.2) is 4.79 Å². The van der Waals surface area contributed by atoms with Gasteiger partial charge in [0.1, 0.15) is 0 Å². The van der Waals surface area contributed by atoms with E-state index in [-0.39, 0.29) is 15.9 Å². The summed E-state index contributed by atoms with van der Waals surface area (Å²) in [5.41, 5.74) is 0. The largest absolute Gasteiger partial charge is 0.449 e. The second kappa shape index (κ2) is 7.11. The van der Waals surface area contributed by atoms with Gasteiger partial charge in [-0.15, -0.1) is 0 Å². The number of nitrogens with one attached hydrogen (secondary N) is 1. The summed E-state index contributed by atoms with van der Waals surface area (Å²) in [6.45, 7) is 1.22. The molecule has 0 radical (unpaired) electrons. The van der Waals surface area contributed by atoms with Crippen molar-refractivity contribution in [3.05, 3.63) is 0 Å². The number of amides is 1. The van der Waals surface area contributed by atoms with Gasteiger partial charge in [0.05, 0.1) is 18.8 Å². The van der Waals surface area contributed by atoms with Crippen molar-refractivity contribution in [1.82, 2.24) is 5.32 Å². The van der Waals surface area contributed by atoms with E-state index in [1.165, 1.54) is 0 Å². The number of fused-ring (bicyclic) bond motifs is 1. The van der Waals surface area contributed by atoms with Crippen molar-refractivity contribution < 1.29 is 18.7 Å². The first-order valence-corrected chi connectivity index (χ1v) is 8.42. The van der Waals surface area contributed by atoms with Crippen molar-refractivity contribution in [2.75, 3.05) is 20.3 Å². The number of hydrogen-bond donors (Lipinski definition) is 1. The van der Waals surface area contributed by atoms with E-state index in [2.05, 4.69) is 5.32 Å². The van der Waals surface area contributed by atoms with E-state index in [0.717, 1.165) is 31.7 Å². The van der Waals surface area contributed by atoms with E-state index in [1.807, 2.05) is 0 Å². The highest BCUT2D eigenvalue weighted by molar-refractivity contribution is 6.26. The molecule has 1 amide bonds. The molecule has 0 aromatic heterocycles. The van der Waals surface area contributed by atoms with Crippen LogP contribution in [-0.2, 0) is 13.9 Å². The summed E-state index contributed by atoms with van der Waals surface area (Å²) >= 11 is 0. The number of alkyl carbamates (subject to hydrolysis) is 1. The van der Waals surface area contributed by atoms with Crippen LogP contribution in [0.15, 0.2) is 0 Å². The third kappa shape index (κ3) is 4.59. The fourth-order valence-corrected chi connectivity index (χ4v) is 3.19. The molecule has 0 spiro atoms. The van der Waals surface area contributed by atoms with Crippen LogP contribution in [-0.4, -0.2) is 48.3 Å². The van der Waals surface area contributed by atoms with E-state index in [1.54, 1.807) is 7.11 Å². The van der Waals surface area contributed by atoms with E-state index >= 15 is 0 Å². The Kier molecular flexibility index (Phi) is 5.46. The second-order valence-electron chi connectivity index (χ2n) is 5.12. The molecule has 6 heteroatoms. The third-order valence-electron chi connectivity index (χ3n) is 3.61. The number of hydrogen-bond acceptors (Lipinski definition) is 4. The zero-order chi connectivity index (χ0) is 12.8. The number of rotatable bonds is 7. The quantitative estimate of drug-likeness (QED) is 0.424. The van der Waals surface area contributed by atoms with Crippen molar-refractivity contribution >= 4 is 15.9 Å². The molecule has 0 aromatic rings. The highest BCUT2D eigenvalue weighted by atomic mass is 28.2. The lowest BCUT2D eigenvalue weighted by atomic mass is 9.90. The van der Waals surface area contributed by atoms with Crippen molar-refractivity contribution in [1.29, 1.82) is 0 Å². The Labute approximate surface area is 110 Å². The Morgan fingerprint density at radius 2 is 2.33 bits per heavy atom. The van der Waals surface area contributed by atoms with Gasteiger partial charge in [-0.1, -0.05) is 0 Å². The molecule has 5 nitrogen and oxygen atoms in total. The number of epoxide rings is 1. The second-order valence-corrected chi connectivity index (χ2v) is 6.81. The van der Waals surface area contributed by atoms with Gasteiger partial charge in [-0.05, 0) is 37.6 Å². The SMILES string of the molecule is CO[SiH2]CCCNC(=O)OCC1CCC2OC2C1. The van der Waals surface area contributed by atoms with Crippen LogP contribution >= 0.6 is 0 Å². The molecule has 1 heterocycles. The molecule has 104 valence electrons. The van der Waals surface area contributed by atoms with Crippen molar-refractivity contribution in [2.24, 2.45) is 5.92 Å². The summed E-state index contributed by atoms with van der Waals surface area (Å²) in [6, 6.07) is 1.10. The number of carbonyl (C=O) groups is 1. The minimum Gasteiger partial charge on any atom is -0.449 e. The molecule has 2 fully saturated rings. The first-order valence-electron chi connectivity index (χ1n) is 6.84. The summed E-state index contributed by atoms with van der Waals surface area (Å²) in [4.78, 5) is 11.4. The van der Waals surface area contributed by atoms with Crippen LogP contribution in [0.25, 0.3) is 0 Å². The van der Waals surface area contributed by atoms with E-state index < -0.39 is 0 Å². The predicted molar refractivity (Wildman–Crippen MR) is 70.3 cm³/mol. The van der Waals surface area contributed by atoms with Crippen LogP contribution in [0.1, 0.15) is 25.7 Å². The fraction of sp³-hybridized carbons (Fsp3) is 0.917. The highest BCUT2D eigenvalue weighted by Gasteiger charge is 2.43.